The lowest BCUT2D eigenvalue weighted by Crippen LogP contribution is -2.35. The van der Waals surface area contributed by atoms with E-state index < -0.39 is 0 Å². The fourth-order valence-corrected chi connectivity index (χ4v) is 3.70. The van der Waals surface area contributed by atoms with E-state index >= 15 is 0 Å². The highest BCUT2D eigenvalue weighted by Crippen LogP contribution is 2.22. The first-order valence-electron chi connectivity index (χ1n) is 10.7. The molecular formula is C24H28N4O2. The summed E-state index contributed by atoms with van der Waals surface area (Å²) in [6.45, 7) is 6.42. The van der Waals surface area contributed by atoms with Gasteiger partial charge in [0.15, 0.2) is 0 Å². The van der Waals surface area contributed by atoms with Crippen LogP contribution in [-0.2, 0) is 0 Å². The maximum absolute atomic E-state index is 12.4. The van der Waals surface area contributed by atoms with Crippen molar-refractivity contribution < 1.29 is 9.32 Å². The average Bonchev–Trinajstić information content (AvgIpc) is 3.29. The first-order valence-corrected chi connectivity index (χ1v) is 10.7. The van der Waals surface area contributed by atoms with Crippen molar-refractivity contribution in [1.29, 1.82) is 0 Å². The van der Waals surface area contributed by atoms with Crippen molar-refractivity contribution in [2.75, 3.05) is 26.2 Å². The van der Waals surface area contributed by atoms with E-state index in [-0.39, 0.29) is 5.91 Å². The SMILES string of the molecule is CC1CCN(CCCNC(=O)c2ccc(-c3nc(-c4ccccc4)no3)cc2)CC1. The maximum atomic E-state index is 12.4. The molecule has 6 heteroatoms. The number of hydrogen-bond acceptors (Lipinski definition) is 5. The molecule has 0 unspecified atom stereocenters. The molecular weight excluding hydrogens is 376 g/mol. The third-order valence-electron chi connectivity index (χ3n) is 5.66. The largest absolute Gasteiger partial charge is 0.352 e. The number of amides is 1. The van der Waals surface area contributed by atoms with Gasteiger partial charge in [-0.3, -0.25) is 4.79 Å². The Balaban J connectivity index is 1.27. The van der Waals surface area contributed by atoms with Crippen LogP contribution in [0.1, 0.15) is 36.5 Å². The number of rotatable bonds is 7. The van der Waals surface area contributed by atoms with Crippen molar-refractivity contribution in [1.82, 2.24) is 20.4 Å². The molecule has 1 aliphatic heterocycles. The number of piperidine rings is 1. The van der Waals surface area contributed by atoms with Crippen LogP contribution in [0.15, 0.2) is 59.1 Å². The maximum Gasteiger partial charge on any atom is 0.258 e. The van der Waals surface area contributed by atoms with Gasteiger partial charge in [0, 0.05) is 23.2 Å². The van der Waals surface area contributed by atoms with Gasteiger partial charge in [0.2, 0.25) is 5.82 Å². The van der Waals surface area contributed by atoms with Crippen molar-refractivity contribution >= 4 is 5.91 Å². The van der Waals surface area contributed by atoms with Crippen LogP contribution in [0.25, 0.3) is 22.8 Å². The first-order chi connectivity index (χ1) is 14.7. The molecule has 1 amide bonds. The van der Waals surface area contributed by atoms with Gasteiger partial charge in [-0.25, -0.2) is 0 Å². The fraction of sp³-hybridized carbons (Fsp3) is 0.375. The Morgan fingerprint density at radius 3 is 2.53 bits per heavy atom. The molecule has 1 aliphatic rings. The van der Waals surface area contributed by atoms with Gasteiger partial charge in [-0.15, -0.1) is 0 Å². The second-order valence-electron chi connectivity index (χ2n) is 8.00. The van der Waals surface area contributed by atoms with Crippen LogP contribution in [0.3, 0.4) is 0 Å². The van der Waals surface area contributed by atoms with Gasteiger partial charge in [-0.05, 0) is 69.1 Å². The van der Waals surface area contributed by atoms with Gasteiger partial charge in [-0.1, -0.05) is 42.4 Å². The number of carbonyl (C=O) groups is 1. The van der Waals surface area contributed by atoms with Gasteiger partial charge in [-0.2, -0.15) is 4.98 Å². The number of aromatic nitrogens is 2. The molecule has 1 N–H and O–H groups in total. The van der Waals surface area contributed by atoms with Crippen LogP contribution in [-0.4, -0.2) is 47.1 Å². The number of benzene rings is 2. The number of hydrogen-bond donors (Lipinski definition) is 1. The molecule has 0 bridgehead atoms. The summed E-state index contributed by atoms with van der Waals surface area (Å²) < 4.78 is 5.38. The Hall–Kier alpha value is -2.99. The molecule has 2 aromatic carbocycles. The number of likely N-dealkylation sites (tertiary alicyclic amines) is 1. The molecule has 1 saturated heterocycles. The van der Waals surface area contributed by atoms with Crippen molar-refractivity contribution in [3.63, 3.8) is 0 Å². The highest BCUT2D eigenvalue weighted by Gasteiger charge is 2.15. The molecule has 0 spiro atoms. The zero-order valence-corrected chi connectivity index (χ0v) is 17.4. The lowest BCUT2D eigenvalue weighted by atomic mass is 9.99. The highest BCUT2D eigenvalue weighted by molar-refractivity contribution is 5.94. The predicted octanol–water partition coefficient (Wildman–Crippen LogP) is 4.26. The molecule has 30 heavy (non-hydrogen) atoms. The van der Waals surface area contributed by atoms with Gasteiger partial charge in [0.05, 0.1) is 0 Å². The molecule has 3 aromatic rings. The van der Waals surface area contributed by atoms with Crippen molar-refractivity contribution in [2.45, 2.75) is 26.2 Å². The highest BCUT2D eigenvalue weighted by atomic mass is 16.5. The van der Waals surface area contributed by atoms with Gasteiger partial charge in [0.1, 0.15) is 0 Å². The first kappa shape index (κ1) is 20.3. The van der Waals surface area contributed by atoms with Gasteiger partial charge in [0.25, 0.3) is 11.8 Å². The fourth-order valence-electron chi connectivity index (χ4n) is 3.70. The summed E-state index contributed by atoms with van der Waals surface area (Å²) in [5, 5.41) is 7.06. The quantitative estimate of drug-likeness (QED) is 0.596. The number of nitrogens with one attached hydrogen (secondary N) is 1. The van der Waals surface area contributed by atoms with Crippen LogP contribution in [0.5, 0.6) is 0 Å². The number of carbonyl (C=O) groups excluding carboxylic acids is 1. The van der Waals surface area contributed by atoms with Crippen molar-refractivity contribution in [3.05, 3.63) is 60.2 Å². The van der Waals surface area contributed by atoms with Crippen LogP contribution >= 0.6 is 0 Å². The molecule has 156 valence electrons. The molecule has 1 aromatic heterocycles. The zero-order chi connectivity index (χ0) is 20.8. The van der Waals surface area contributed by atoms with E-state index in [0.29, 0.717) is 23.8 Å². The Morgan fingerprint density at radius 2 is 1.80 bits per heavy atom. The summed E-state index contributed by atoms with van der Waals surface area (Å²) in [7, 11) is 0. The van der Waals surface area contributed by atoms with Gasteiger partial charge >= 0.3 is 0 Å². The van der Waals surface area contributed by atoms with Crippen LogP contribution in [0.2, 0.25) is 0 Å². The van der Waals surface area contributed by atoms with E-state index in [4.69, 9.17) is 4.52 Å². The minimum absolute atomic E-state index is 0.0516. The minimum atomic E-state index is -0.0516. The summed E-state index contributed by atoms with van der Waals surface area (Å²) in [5.41, 5.74) is 2.33. The second-order valence-corrected chi connectivity index (χ2v) is 8.00. The van der Waals surface area contributed by atoms with Crippen molar-refractivity contribution in [2.24, 2.45) is 5.92 Å². The Kier molecular flexibility index (Phi) is 6.54. The topological polar surface area (TPSA) is 71.3 Å². The van der Waals surface area contributed by atoms with E-state index in [1.165, 1.54) is 25.9 Å². The van der Waals surface area contributed by atoms with E-state index in [0.717, 1.165) is 30.0 Å². The molecule has 0 aliphatic carbocycles. The summed E-state index contributed by atoms with van der Waals surface area (Å²) >= 11 is 0. The van der Waals surface area contributed by atoms with Crippen LogP contribution < -0.4 is 5.32 Å². The molecule has 0 saturated carbocycles. The Bertz CT molecular complexity index is 945. The summed E-state index contributed by atoms with van der Waals surface area (Å²) in [6.07, 6.45) is 3.54. The Labute approximate surface area is 177 Å². The van der Waals surface area contributed by atoms with E-state index in [1.807, 2.05) is 42.5 Å². The molecule has 4 rings (SSSR count). The smallest absolute Gasteiger partial charge is 0.258 e. The number of nitrogens with zero attached hydrogens (tertiary/aromatic N) is 3. The average molecular weight is 405 g/mol. The molecule has 0 radical (unpaired) electrons. The summed E-state index contributed by atoms with van der Waals surface area (Å²) in [4.78, 5) is 19.3. The third-order valence-corrected chi connectivity index (χ3v) is 5.66. The van der Waals surface area contributed by atoms with E-state index in [9.17, 15) is 4.79 Å². The lowest BCUT2D eigenvalue weighted by Gasteiger charge is -2.30. The predicted molar refractivity (Wildman–Crippen MR) is 117 cm³/mol. The normalized spacial score (nSPS) is 15.2. The van der Waals surface area contributed by atoms with Crippen LogP contribution in [0, 0.1) is 5.92 Å². The second kappa shape index (κ2) is 9.67. The molecule has 0 atom stereocenters. The zero-order valence-electron chi connectivity index (χ0n) is 17.4. The standard InChI is InChI=1S/C24H28N4O2/c1-18-12-16-28(17-13-18)15-5-14-25-23(29)20-8-10-21(11-9-20)24-26-22(27-30-24)19-6-3-2-4-7-19/h2-4,6-11,18H,5,12-17H2,1H3,(H,25,29). The van der Waals surface area contributed by atoms with Crippen LogP contribution in [0.4, 0.5) is 0 Å². The Morgan fingerprint density at radius 1 is 1.07 bits per heavy atom. The summed E-state index contributed by atoms with van der Waals surface area (Å²) in [6, 6.07) is 17.0. The third kappa shape index (κ3) is 5.13. The van der Waals surface area contributed by atoms with E-state index in [2.05, 4.69) is 27.3 Å². The molecule has 6 nitrogen and oxygen atoms in total. The molecule has 2 heterocycles. The van der Waals surface area contributed by atoms with Gasteiger partial charge < -0.3 is 14.7 Å². The monoisotopic (exact) mass is 404 g/mol. The van der Waals surface area contributed by atoms with E-state index in [1.54, 1.807) is 12.1 Å². The lowest BCUT2D eigenvalue weighted by molar-refractivity contribution is 0.0950. The summed E-state index contributed by atoms with van der Waals surface area (Å²) in [5.74, 6) is 1.79. The minimum Gasteiger partial charge on any atom is -0.352 e. The van der Waals surface area contributed by atoms with Crippen molar-refractivity contribution in [3.8, 4) is 22.8 Å². The molecule has 1 fully saturated rings.